The smallest absolute Gasteiger partial charge is 0.182 e. The zero-order valence-electron chi connectivity index (χ0n) is 9.94. The van der Waals surface area contributed by atoms with Gasteiger partial charge in [0.05, 0.1) is 6.33 Å². The standard InChI is InChI=1S/C11H17N5O/c1-17-6-4-2-3-5-12-10-9-11(14-7-13-9)16-8-15-10/h7-8H,2-6H2,1H3,(H2,12,13,14,15,16). The van der Waals surface area contributed by atoms with E-state index in [9.17, 15) is 0 Å². The number of fused-ring (bicyclic) bond motifs is 1. The molecule has 0 unspecified atom stereocenters. The number of methoxy groups -OCH3 is 1. The molecule has 0 fully saturated rings. The van der Waals surface area contributed by atoms with Crippen LogP contribution in [-0.2, 0) is 4.74 Å². The molecule has 2 aromatic rings. The van der Waals surface area contributed by atoms with Crippen LogP contribution in [-0.4, -0.2) is 40.2 Å². The molecule has 92 valence electrons. The second-order valence-electron chi connectivity index (χ2n) is 3.80. The molecule has 6 nitrogen and oxygen atoms in total. The maximum absolute atomic E-state index is 5.00. The van der Waals surface area contributed by atoms with Gasteiger partial charge in [-0.3, -0.25) is 0 Å². The topological polar surface area (TPSA) is 75.7 Å². The molecule has 0 saturated carbocycles. The van der Waals surface area contributed by atoms with E-state index in [0.717, 1.165) is 43.7 Å². The number of rotatable bonds is 7. The van der Waals surface area contributed by atoms with Crippen molar-refractivity contribution in [3.63, 3.8) is 0 Å². The normalized spacial score (nSPS) is 10.9. The molecule has 0 spiro atoms. The van der Waals surface area contributed by atoms with Crippen molar-refractivity contribution in [1.82, 2.24) is 19.9 Å². The Kier molecular flexibility index (Phi) is 4.26. The van der Waals surface area contributed by atoms with Crippen LogP contribution in [0.25, 0.3) is 11.2 Å². The van der Waals surface area contributed by atoms with E-state index >= 15 is 0 Å². The van der Waals surface area contributed by atoms with E-state index in [0.29, 0.717) is 5.65 Å². The number of nitrogens with zero attached hydrogens (tertiary/aromatic N) is 3. The number of imidazole rings is 1. The maximum atomic E-state index is 5.00. The summed E-state index contributed by atoms with van der Waals surface area (Å²) < 4.78 is 5.00. The first-order chi connectivity index (χ1) is 8.42. The number of hydrogen-bond donors (Lipinski definition) is 2. The fourth-order valence-electron chi connectivity index (χ4n) is 1.65. The maximum Gasteiger partial charge on any atom is 0.182 e. The largest absolute Gasteiger partial charge is 0.385 e. The van der Waals surface area contributed by atoms with Crippen molar-refractivity contribution < 1.29 is 4.74 Å². The number of H-pyrrole nitrogens is 1. The fraction of sp³-hybridized carbons (Fsp3) is 0.545. The minimum absolute atomic E-state index is 0.696. The van der Waals surface area contributed by atoms with Gasteiger partial charge < -0.3 is 15.0 Å². The second-order valence-corrected chi connectivity index (χ2v) is 3.80. The average Bonchev–Trinajstić information content (AvgIpc) is 2.82. The highest BCUT2D eigenvalue weighted by Gasteiger charge is 2.03. The van der Waals surface area contributed by atoms with Crippen molar-refractivity contribution in [3.05, 3.63) is 12.7 Å². The summed E-state index contributed by atoms with van der Waals surface area (Å²) in [4.78, 5) is 15.4. The quantitative estimate of drug-likeness (QED) is 0.713. The Labute approximate surface area is 99.8 Å². The Hall–Kier alpha value is -1.69. The molecule has 0 saturated heterocycles. The van der Waals surface area contributed by atoms with Gasteiger partial charge in [-0.1, -0.05) is 0 Å². The van der Waals surface area contributed by atoms with Crippen molar-refractivity contribution in [3.8, 4) is 0 Å². The summed E-state index contributed by atoms with van der Waals surface area (Å²) >= 11 is 0. The van der Waals surface area contributed by atoms with Crippen molar-refractivity contribution >= 4 is 17.0 Å². The number of aromatic amines is 1. The van der Waals surface area contributed by atoms with E-state index in [1.807, 2.05) is 0 Å². The Morgan fingerprint density at radius 2 is 2.18 bits per heavy atom. The fourth-order valence-corrected chi connectivity index (χ4v) is 1.65. The molecule has 2 heterocycles. The van der Waals surface area contributed by atoms with Crippen molar-refractivity contribution in [2.24, 2.45) is 0 Å². The van der Waals surface area contributed by atoms with Gasteiger partial charge in [-0.25, -0.2) is 15.0 Å². The summed E-state index contributed by atoms with van der Waals surface area (Å²) in [5.74, 6) is 0.819. The molecule has 0 atom stereocenters. The number of hydrogen-bond acceptors (Lipinski definition) is 5. The van der Waals surface area contributed by atoms with Gasteiger partial charge >= 0.3 is 0 Å². The van der Waals surface area contributed by atoms with Crippen LogP contribution < -0.4 is 5.32 Å². The van der Waals surface area contributed by atoms with Crippen molar-refractivity contribution in [1.29, 1.82) is 0 Å². The van der Waals surface area contributed by atoms with E-state index in [4.69, 9.17) is 4.74 Å². The van der Waals surface area contributed by atoms with Crippen LogP contribution in [0.4, 0.5) is 5.82 Å². The summed E-state index contributed by atoms with van der Waals surface area (Å²) in [6.45, 7) is 1.73. The Bertz CT molecular complexity index is 456. The van der Waals surface area contributed by atoms with Gasteiger partial charge in [0.25, 0.3) is 0 Å². The van der Waals surface area contributed by atoms with Gasteiger partial charge in [-0.15, -0.1) is 0 Å². The van der Waals surface area contributed by atoms with Crippen molar-refractivity contribution in [2.45, 2.75) is 19.3 Å². The lowest BCUT2D eigenvalue weighted by Gasteiger charge is -2.05. The third kappa shape index (κ3) is 3.13. The summed E-state index contributed by atoms with van der Waals surface area (Å²) in [5.41, 5.74) is 1.56. The zero-order valence-corrected chi connectivity index (χ0v) is 9.94. The van der Waals surface area contributed by atoms with Gasteiger partial charge in [0.2, 0.25) is 0 Å². The van der Waals surface area contributed by atoms with Crippen LogP contribution in [0.15, 0.2) is 12.7 Å². The van der Waals surface area contributed by atoms with Crippen LogP contribution in [0.2, 0.25) is 0 Å². The monoisotopic (exact) mass is 235 g/mol. The van der Waals surface area contributed by atoms with Crippen LogP contribution in [0.3, 0.4) is 0 Å². The minimum Gasteiger partial charge on any atom is -0.385 e. The van der Waals surface area contributed by atoms with Crippen LogP contribution >= 0.6 is 0 Å². The molecular weight excluding hydrogens is 218 g/mol. The van der Waals surface area contributed by atoms with E-state index in [-0.39, 0.29) is 0 Å². The van der Waals surface area contributed by atoms with Gasteiger partial charge in [0, 0.05) is 20.3 Å². The molecule has 0 radical (unpaired) electrons. The highest BCUT2D eigenvalue weighted by molar-refractivity contribution is 5.81. The lowest BCUT2D eigenvalue weighted by atomic mass is 10.2. The van der Waals surface area contributed by atoms with E-state index < -0.39 is 0 Å². The van der Waals surface area contributed by atoms with Gasteiger partial charge in [-0.2, -0.15) is 0 Å². The van der Waals surface area contributed by atoms with Gasteiger partial charge in [-0.05, 0) is 19.3 Å². The summed E-state index contributed by atoms with van der Waals surface area (Å²) in [7, 11) is 1.73. The molecule has 2 rings (SSSR count). The molecule has 2 aromatic heterocycles. The molecule has 0 aromatic carbocycles. The van der Waals surface area contributed by atoms with Crippen molar-refractivity contribution in [2.75, 3.05) is 25.6 Å². The third-order valence-electron chi connectivity index (χ3n) is 2.54. The first kappa shape index (κ1) is 11.8. The predicted octanol–water partition coefficient (Wildman–Crippen LogP) is 1.58. The Balaban J connectivity index is 1.80. The summed E-state index contributed by atoms with van der Waals surface area (Å²) in [6, 6.07) is 0. The molecule has 0 bridgehead atoms. The molecule has 0 amide bonds. The average molecular weight is 235 g/mol. The van der Waals surface area contributed by atoms with Crippen LogP contribution in [0, 0.1) is 0 Å². The number of nitrogens with one attached hydrogen (secondary N) is 2. The van der Waals surface area contributed by atoms with E-state index in [1.54, 1.807) is 13.4 Å². The van der Waals surface area contributed by atoms with Crippen LogP contribution in [0.1, 0.15) is 19.3 Å². The summed E-state index contributed by atoms with van der Waals surface area (Å²) in [5, 5.41) is 3.29. The predicted molar refractivity (Wildman–Crippen MR) is 65.9 cm³/mol. The summed E-state index contributed by atoms with van der Waals surface area (Å²) in [6.07, 6.45) is 6.50. The number of aromatic nitrogens is 4. The molecule has 0 aliphatic rings. The second kappa shape index (κ2) is 6.15. The highest BCUT2D eigenvalue weighted by Crippen LogP contribution is 2.14. The van der Waals surface area contributed by atoms with E-state index in [2.05, 4.69) is 25.3 Å². The Morgan fingerprint density at radius 3 is 3.06 bits per heavy atom. The minimum atomic E-state index is 0.696. The first-order valence-corrected chi connectivity index (χ1v) is 5.78. The molecule has 17 heavy (non-hydrogen) atoms. The van der Waals surface area contributed by atoms with Gasteiger partial charge in [0.15, 0.2) is 11.5 Å². The lowest BCUT2D eigenvalue weighted by molar-refractivity contribution is 0.192. The molecule has 0 aliphatic heterocycles. The molecule has 2 N–H and O–H groups in total. The third-order valence-corrected chi connectivity index (χ3v) is 2.54. The Morgan fingerprint density at radius 1 is 1.24 bits per heavy atom. The molecule has 6 heteroatoms. The molecular formula is C11H17N5O. The van der Waals surface area contributed by atoms with E-state index in [1.165, 1.54) is 6.33 Å². The molecule has 0 aliphatic carbocycles. The zero-order chi connectivity index (χ0) is 11.9. The SMILES string of the molecule is COCCCCCNc1ncnc2nc[nH]c12. The number of anilines is 1. The highest BCUT2D eigenvalue weighted by atomic mass is 16.5. The van der Waals surface area contributed by atoms with Crippen LogP contribution in [0.5, 0.6) is 0 Å². The number of ether oxygens (including phenoxy) is 1. The number of unbranched alkanes of at least 4 members (excludes halogenated alkanes) is 2. The lowest BCUT2D eigenvalue weighted by Crippen LogP contribution is -2.04. The first-order valence-electron chi connectivity index (χ1n) is 5.78. The van der Waals surface area contributed by atoms with Gasteiger partial charge in [0.1, 0.15) is 11.8 Å².